The van der Waals surface area contributed by atoms with Crippen LogP contribution in [0, 0.1) is 5.92 Å². The minimum Gasteiger partial charge on any atom is -0.359 e. The van der Waals surface area contributed by atoms with Crippen LogP contribution in [0.15, 0.2) is 18.2 Å². The van der Waals surface area contributed by atoms with Gasteiger partial charge in [0, 0.05) is 22.8 Å². The molecule has 0 bridgehead atoms. The Morgan fingerprint density at radius 2 is 2.12 bits per heavy atom. The Hall–Kier alpha value is -1.47. The third kappa shape index (κ3) is 3.07. The molecule has 1 fully saturated rings. The van der Waals surface area contributed by atoms with Crippen LogP contribution in [-0.4, -0.2) is 36.8 Å². The van der Waals surface area contributed by atoms with Gasteiger partial charge in [0.05, 0.1) is 13.2 Å². The van der Waals surface area contributed by atoms with Crippen molar-refractivity contribution in [2.45, 2.75) is 31.5 Å². The zero-order valence-electron chi connectivity index (χ0n) is 13.1. The molecule has 1 aliphatic heterocycles. The fraction of sp³-hybridized carbons (Fsp3) is 0.562. The lowest BCUT2D eigenvalue weighted by atomic mass is 9.90. The Morgan fingerprint density at radius 3 is 2.71 bits per heavy atom. The van der Waals surface area contributed by atoms with Crippen molar-refractivity contribution >= 4 is 23.3 Å². The van der Waals surface area contributed by atoms with Gasteiger partial charge in [-0.3, -0.25) is 0 Å². The zero-order chi connectivity index (χ0) is 17.5. The van der Waals surface area contributed by atoms with Gasteiger partial charge in [-0.2, -0.15) is 13.2 Å². The lowest BCUT2D eigenvalue weighted by molar-refractivity contribution is -0.288. The van der Waals surface area contributed by atoms with Gasteiger partial charge in [0.2, 0.25) is 5.60 Å². The quantitative estimate of drug-likeness (QED) is 0.863. The third-order valence-corrected chi connectivity index (χ3v) is 4.70. The van der Waals surface area contributed by atoms with Gasteiger partial charge in [-0.05, 0) is 43.9 Å². The molecule has 0 radical (unpaired) electrons. The predicted octanol–water partition coefficient (Wildman–Crippen LogP) is 4.39. The molecule has 2 amide bonds. The van der Waals surface area contributed by atoms with Gasteiger partial charge >= 0.3 is 12.2 Å². The van der Waals surface area contributed by atoms with Gasteiger partial charge in [0.15, 0.2) is 0 Å². The van der Waals surface area contributed by atoms with Gasteiger partial charge in [0.1, 0.15) is 0 Å². The number of nitrogens with one attached hydrogen (secondary N) is 1. The number of fused-ring (bicyclic) bond motifs is 1. The van der Waals surface area contributed by atoms with E-state index in [9.17, 15) is 18.0 Å². The van der Waals surface area contributed by atoms with Crippen molar-refractivity contribution < 1.29 is 22.7 Å². The van der Waals surface area contributed by atoms with Crippen molar-refractivity contribution in [1.29, 1.82) is 0 Å². The standard InChI is InChI=1S/C16H18ClF3N2O2/c1-2-22-9-15(16(18,19)20,24-8-10-3-4-10)12-7-11(17)5-6-13(12)21-14(22)23/h5-7,10H,2-4,8-9H2,1H3,(H,21,23)/t15-/m1/s1. The molecule has 8 heteroatoms. The molecule has 1 aliphatic carbocycles. The fourth-order valence-electron chi connectivity index (χ4n) is 2.83. The molecule has 1 N–H and O–H groups in total. The number of hydrogen-bond donors (Lipinski definition) is 1. The second-order valence-corrected chi connectivity index (χ2v) is 6.65. The topological polar surface area (TPSA) is 41.6 Å². The number of urea groups is 1. The minimum atomic E-state index is -4.69. The summed E-state index contributed by atoms with van der Waals surface area (Å²) < 4.78 is 48.0. The average molecular weight is 363 g/mol. The molecule has 24 heavy (non-hydrogen) atoms. The van der Waals surface area contributed by atoms with Crippen molar-refractivity contribution in [2.24, 2.45) is 5.92 Å². The molecule has 0 unspecified atom stereocenters. The predicted molar refractivity (Wildman–Crippen MR) is 84.1 cm³/mol. The van der Waals surface area contributed by atoms with E-state index in [1.165, 1.54) is 18.2 Å². The lowest BCUT2D eigenvalue weighted by Crippen LogP contribution is -2.53. The Morgan fingerprint density at radius 1 is 1.42 bits per heavy atom. The Balaban J connectivity index is 2.14. The van der Waals surface area contributed by atoms with Crippen LogP contribution in [0.4, 0.5) is 23.7 Å². The SMILES string of the molecule is CCN1C[C@](OCC2CC2)(C(F)(F)F)c2cc(Cl)ccc2NC1=O. The molecule has 0 aromatic heterocycles. The van der Waals surface area contributed by atoms with Crippen LogP contribution >= 0.6 is 11.6 Å². The number of nitrogens with zero attached hydrogens (tertiary/aromatic N) is 1. The van der Waals surface area contributed by atoms with E-state index in [2.05, 4.69) is 5.32 Å². The summed E-state index contributed by atoms with van der Waals surface area (Å²) in [4.78, 5) is 13.3. The summed E-state index contributed by atoms with van der Waals surface area (Å²) in [6.45, 7) is 1.18. The van der Waals surface area contributed by atoms with E-state index in [0.717, 1.165) is 17.7 Å². The van der Waals surface area contributed by atoms with Crippen molar-refractivity contribution in [3.63, 3.8) is 0 Å². The van der Waals surface area contributed by atoms with Crippen LogP contribution in [0.5, 0.6) is 0 Å². The van der Waals surface area contributed by atoms with E-state index < -0.39 is 24.4 Å². The molecule has 1 saturated carbocycles. The highest BCUT2D eigenvalue weighted by Crippen LogP contribution is 2.48. The molecule has 3 rings (SSSR count). The molecule has 0 spiro atoms. The summed E-state index contributed by atoms with van der Waals surface area (Å²) in [6.07, 6.45) is -2.96. The Bertz CT molecular complexity index is 649. The van der Waals surface area contributed by atoms with Gasteiger partial charge in [0.25, 0.3) is 0 Å². The molecule has 132 valence electrons. The van der Waals surface area contributed by atoms with E-state index in [4.69, 9.17) is 16.3 Å². The largest absolute Gasteiger partial charge is 0.423 e. The van der Waals surface area contributed by atoms with E-state index >= 15 is 0 Å². The maximum atomic E-state index is 14.2. The monoisotopic (exact) mass is 362 g/mol. The number of hydrogen-bond acceptors (Lipinski definition) is 2. The first-order valence-electron chi connectivity index (χ1n) is 7.83. The molecular formula is C16H18ClF3N2O2. The molecule has 0 saturated heterocycles. The summed E-state index contributed by atoms with van der Waals surface area (Å²) in [5, 5.41) is 2.69. The number of carbonyl (C=O) groups is 1. The number of amides is 2. The molecule has 1 heterocycles. The summed E-state index contributed by atoms with van der Waals surface area (Å²) >= 11 is 5.94. The van der Waals surface area contributed by atoms with Crippen LogP contribution in [0.25, 0.3) is 0 Å². The van der Waals surface area contributed by atoms with Crippen molar-refractivity contribution in [3.8, 4) is 0 Å². The van der Waals surface area contributed by atoms with E-state index in [1.54, 1.807) is 6.92 Å². The molecular weight excluding hydrogens is 345 g/mol. The number of likely N-dealkylation sites (N-methyl/N-ethyl adjacent to an activating group) is 1. The zero-order valence-corrected chi connectivity index (χ0v) is 13.9. The van der Waals surface area contributed by atoms with E-state index in [0.29, 0.717) is 0 Å². The maximum absolute atomic E-state index is 14.2. The minimum absolute atomic E-state index is 0.0111. The van der Waals surface area contributed by atoms with E-state index in [-0.39, 0.29) is 35.3 Å². The second kappa shape index (κ2) is 6.11. The first-order valence-corrected chi connectivity index (χ1v) is 8.21. The number of alkyl halides is 3. The highest BCUT2D eigenvalue weighted by atomic mass is 35.5. The lowest BCUT2D eigenvalue weighted by Gasteiger charge is -2.38. The number of ether oxygens (including phenoxy) is 1. The van der Waals surface area contributed by atoms with Crippen LogP contribution < -0.4 is 5.32 Å². The van der Waals surface area contributed by atoms with Crippen molar-refractivity contribution in [3.05, 3.63) is 28.8 Å². The number of benzene rings is 1. The van der Waals surface area contributed by atoms with Gasteiger partial charge in [-0.25, -0.2) is 4.79 Å². The maximum Gasteiger partial charge on any atom is 0.423 e. The van der Waals surface area contributed by atoms with Crippen LogP contribution in [-0.2, 0) is 10.3 Å². The molecule has 1 atom stereocenters. The van der Waals surface area contributed by atoms with Crippen molar-refractivity contribution in [1.82, 2.24) is 4.90 Å². The average Bonchev–Trinajstić information content (AvgIpc) is 3.32. The highest BCUT2D eigenvalue weighted by molar-refractivity contribution is 6.30. The number of halogens is 4. The summed E-state index contributed by atoms with van der Waals surface area (Å²) in [5.74, 6) is 0.147. The third-order valence-electron chi connectivity index (χ3n) is 4.46. The van der Waals surface area contributed by atoms with Gasteiger partial charge in [-0.1, -0.05) is 11.6 Å². The van der Waals surface area contributed by atoms with Crippen LogP contribution in [0.2, 0.25) is 5.02 Å². The Labute approximate surface area is 142 Å². The fourth-order valence-corrected chi connectivity index (χ4v) is 3.00. The van der Waals surface area contributed by atoms with Gasteiger partial charge in [-0.15, -0.1) is 0 Å². The van der Waals surface area contributed by atoms with Crippen LogP contribution in [0.1, 0.15) is 25.3 Å². The first-order chi connectivity index (χ1) is 11.3. The molecule has 1 aromatic carbocycles. The summed E-state index contributed by atoms with van der Waals surface area (Å²) in [5.41, 5.74) is -2.66. The molecule has 4 nitrogen and oxygen atoms in total. The number of anilines is 1. The summed E-state index contributed by atoms with van der Waals surface area (Å²) in [7, 11) is 0. The smallest absolute Gasteiger partial charge is 0.359 e. The Kier molecular flexibility index (Phi) is 4.42. The first kappa shape index (κ1) is 17.4. The van der Waals surface area contributed by atoms with Crippen LogP contribution in [0.3, 0.4) is 0 Å². The highest BCUT2D eigenvalue weighted by Gasteiger charge is 2.61. The second-order valence-electron chi connectivity index (χ2n) is 6.21. The number of rotatable bonds is 4. The molecule has 1 aromatic rings. The van der Waals surface area contributed by atoms with E-state index in [1.807, 2.05) is 0 Å². The number of carbonyl (C=O) groups excluding carboxylic acids is 1. The summed E-state index contributed by atoms with van der Waals surface area (Å²) in [6, 6.07) is 3.48. The van der Waals surface area contributed by atoms with Gasteiger partial charge < -0.3 is 15.0 Å². The normalized spacial score (nSPS) is 24.4. The van der Waals surface area contributed by atoms with Crippen molar-refractivity contribution in [2.75, 3.05) is 25.0 Å². The molecule has 2 aliphatic rings.